The Bertz CT molecular complexity index is 437. The molecule has 1 aromatic heterocycles. The van der Waals surface area contributed by atoms with Crippen molar-refractivity contribution in [3.8, 4) is 17.3 Å². The van der Waals surface area contributed by atoms with E-state index in [0.717, 1.165) is 16.8 Å². The van der Waals surface area contributed by atoms with E-state index in [4.69, 9.17) is 5.26 Å². The minimum atomic E-state index is 0.470. The van der Waals surface area contributed by atoms with Crippen molar-refractivity contribution in [1.29, 1.82) is 5.26 Å². The number of nitriles is 1. The highest BCUT2D eigenvalue weighted by atomic mass is 32.1. The molecular formula is C11H8N2S. The van der Waals surface area contributed by atoms with Crippen LogP contribution in [0.1, 0.15) is 5.56 Å². The highest BCUT2D eigenvalue weighted by Gasteiger charge is 1.98. The third kappa shape index (κ3) is 1.81. The maximum absolute atomic E-state index is 8.51. The Morgan fingerprint density at radius 3 is 2.64 bits per heavy atom. The lowest BCUT2D eigenvalue weighted by molar-refractivity contribution is 1.26. The topological polar surface area (TPSA) is 36.7 Å². The standard InChI is InChI=1S/C11H8N2S/c12-6-5-9-1-3-10(4-2-9)11-7-14-8-13-11/h1-4,7-8H,5H2. The fourth-order valence-corrected chi connectivity index (χ4v) is 1.80. The van der Waals surface area contributed by atoms with Gasteiger partial charge in [-0.15, -0.1) is 11.3 Å². The normalized spacial score (nSPS) is 9.64. The van der Waals surface area contributed by atoms with Gasteiger partial charge in [0.2, 0.25) is 0 Å². The van der Waals surface area contributed by atoms with Crippen molar-refractivity contribution in [2.45, 2.75) is 6.42 Å². The zero-order valence-corrected chi connectivity index (χ0v) is 8.29. The molecule has 1 heterocycles. The van der Waals surface area contributed by atoms with Crippen molar-refractivity contribution in [2.24, 2.45) is 0 Å². The van der Waals surface area contributed by atoms with Crippen molar-refractivity contribution >= 4 is 11.3 Å². The summed E-state index contributed by atoms with van der Waals surface area (Å²) in [6.45, 7) is 0. The van der Waals surface area contributed by atoms with Crippen LogP contribution >= 0.6 is 11.3 Å². The molecule has 2 rings (SSSR count). The molecule has 0 spiro atoms. The summed E-state index contributed by atoms with van der Waals surface area (Å²) in [6, 6.07) is 10.1. The predicted octanol–water partition coefficient (Wildman–Crippen LogP) is 2.88. The van der Waals surface area contributed by atoms with Crippen LogP contribution < -0.4 is 0 Å². The Morgan fingerprint density at radius 1 is 1.29 bits per heavy atom. The highest BCUT2D eigenvalue weighted by Crippen LogP contribution is 2.19. The van der Waals surface area contributed by atoms with Gasteiger partial charge in [-0.3, -0.25) is 0 Å². The minimum absolute atomic E-state index is 0.470. The van der Waals surface area contributed by atoms with Gasteiger partial charge >= 0.3 is 0 Å². The molecule has 0 atom stereocenters. The first-order chi connectivity index (χ1) is 6.90. The van der Waals surface area contributed by atoms with Gasteiger partial charge in [-0.2, -0.15) is 5.26 Å². The molecule has 0 aliphatic rings. The molecule has 14 heavy (non-hydrogen) atoms. The van der Waals surface area contributed by atoms with Gasteiger partial charge in [0.15, 0.2) is 0 Å². The van der Waals surface area contributed by atoms with Crippen molar-refractivity contribution in [3.63, 3.8) is 0 Å². The van der Waals surface area contributed by atoms with E-state index in [1.807, 2.05) is 35.2 Å². The third-order valence-corrected chi connectivity index (χ3v) is 2.55. The molecule has 2 aromatic rings. The SMILES string of the molecule is N#CCc1ccc(-c2cscn2)cc1. The highest BCUT2D eigenvalue weighted by molar-refractivity contribution is 7.07. The zero-order chi connectivity index (χ0) is 9.80. The van der Waals surface area contributed by atoms with Crippen LogP contribution in [0, 0.1) is 11.3 Å². The molecule has 0 unspecified atom stereocenters. The third-order valence-electron chi connectivity index (χ3n) is 1.97. The second-order valence-electron chi connectivity index (χ2n) is 2.91. The first-order valence-electron chi connectivity index (χ1n) is 4.24. The Morgan fingerprint density at radius 2 is 2.07 bits per heavy atom. The van der Waals surface area contributed by atoms with Gasteiger partial charge in [-0.05, 0) is 5.56 Å². The number of thiazole rings is 1. The van der Waals surface area contributed by atoms with Crippen LogP contribution in [0.15, 0.2) is 35.2 Å². The number of benzene rings is 1. The van der Waals surface area contributed by atoms with E-state index in [0.29, 0.717) is 6.42 Å². The monoisotopic (exact) mass is 200 g/mol. The van der Waals surface area contributed by atoms with E-state index < -0.39 is 0 Å². The summed E-state index contributed by atoms with van der Waals surface area (Å²) < 4.78 is 0. The molecule has 1 aromatic carbocycles. The van der Waals surface area contributed by atoms with Crippen LogP contribution in [0.3, 0.4) is 0 Å². The van der Waals surface area contributed by atoms with Crippen molar-refractivity contribution in [2.75, 3.05) is 0 Å². The fraction of sp³-hybridized carbons (Fsp3) is 0.0909. The van der Waals surface area contributed by atoms with Gasteiger partial charge in [0.25, 0.3) is 0 Å². The van der Waals surface area contributed by atoms with E-state index in [1.54, 1.807) is 11.3 Å². The van der Waals surface area contributed by atoms with E-state index >= 15 is 0 Å². The van der Waals surface area contributed by atoms with Crippen LogP contribution in [-0.4, -0.2) is 4.98 Å². The van der Waals surface area contributed by atoms with E-state index in [9.17, 15) is 0 Å². The molecule has 2 nitrogen and oxygen atoms in total. The first kappa shape index (κ1) is 8.92. The smallest absolute Gasteiger partial charge is 0.0811 e. The lowest BCUT2D eigenvalue weighted by Gasteiger charge is -1.97. The Labute approximate surface area is 86.5 Å². The summed E-state index contributed by atoms with van der Waals surface area (Å²) in [5, 5.41) is 10.5. The number of nitrogens with zero attached hydrogens (tertiary/aromatic N) is 2. The Hall–Kier alpha value is -1.66. The lowest BCUT2D eigenvalue weighted by atomic mass is 10.1. The van der Waals surface area contributed by atoms with E-state index in [1.165, 1.54) is 0 Å². The zero-order valence-electron chi connectivity index (χ0n) is 7.47. The van der Waals surface area contributed by atoms with Crippen LogP contribution in [-0.2, 0) is 6.42 Å². The molecule has 0 saturated carbocycles. The second kappa shape index (κ2) is 4.03. The molecule has 0 aliphatic heterocycles. The number of hydrogen-bond acceptors (Lipinski definition) is 3. The van der Waals surface area contributed by atoms with Gasteiger partial charge in [0, 0.05) is 10.9 Å². The molecule has 0 saturated heterocycles. The summed E-state index contributed by atoms with van der Waals surface area (Å²) >= 11 is 1.59. The van der Waals surface area contributed by atoms with Gasteiger partial charge < -0.3 is 0 Å². The van der Waals surface area contributed by atoms with Crippen molar-refractivity contribution in [1.82, 2.24) is 4.98 Å². The molecule has 0 aliphatic carbocycles. The van der Waals surface area contributed by atoms with Crippen LogP contribution in [0.2, 0.25) is 0 Å². The molecule has 0 N–H and O–H groups in total. The molecule has 0 radical (unpaired) electrons. The summed E-state index contributed by atoms with van der Waals surface area (Å²) in [5.41, 5.74) is 4.97. The van der Waals surface area contributed by atoms with Crippen LogP contribution in [0.4, 0.5) is 0 Å². The maximum Gasteiger partial charge on any atom is 0.0811 e. The average Bonchev–Trinajstić information content (AvgIpc) is 2.72. The molecule has 0 bridgehead atoms. The predicted molar refractivity (Wildman–Crippen MR) is 56.9 cm³/mol. The summed E-state index contributed by atoms with van der Waals surface area (Å²) in [5.74, 6) is 0. The van der Waals surface area contributed by atoms with Gasteiger partial charge in [0.1, 0.15) is 0 Å². The summed E-state index contributed by atoms with van der Waals surface area (Å²) in [6.07, 6.45) is 0.470. The summed E-state index contributed by atoms with van der Waals surface area (Å²) in [7, 11) is 0. The Balaban J connectivity index is 2.27. The number of hydrogen-bond donors (Lipinski definition) is 0. The van der Waals surface area contributed by atoms with E-state index in [-0.39, 0.29) is 0 Å². The molecule has 0 fully saturated rings. The summed E-state index contributed by atoms with van der Waals surface area (Å²) in [4.78, 5) is 4.22. The minimum Gasteiger partial charge on any atom is -0.245 e. The van der Waals surface area contributed by atoms with Gasteiger partial charge in [-0.25, -0.2) is 4.98 Å². The molecule has 68 valence electrons. The fourth-order valence-electron chi connectivity index (χ4n) is 1.24. The lowest BCUT2D eigenvalue weighted by Crippen LogP contribution is -1.82. The number of rotatable bonds is 2. The van der Waals surface area contributed by atoms with Gasteiger partial charge in [-0.1, -0.05) is 24.3 Å². The molecule has 3 heteroatoms. The first-order valence-corrected chi connectivity index (χ1v) is 5.19. The van der Waals surface area contributed by atoms with Crippen LogP contribution in [0.5, 0.6) is 0 Å². The van der Waals surface area contributed by atoms with Crippen LogP contribution in [0.25, 0.3) is 11.3 Å². The Kier molecular flexibility index (Phi) is 2.57. The van der Waals surface area contributed by atoms with Gasteiger partial charge in [0.05, 0.1) is 23.7 Å². The maximum atomic E-state index is 8.51. The largest absolute Gasteiger partial charge is 0.245 e. The molecular weight excluding hydrogens is 192 g/mol. The second-order valence-corrected chi connectivity index (χ2v) is 3.62. The van der Waals surface area contributed by atoms with Crippen molar-refractivity contribution in [3.05, 3.63) is 40.7 Å². The average molecular weight is 200 g/mol. The molecule has 0 amide bonds. The van der Waals surface area contributed by atoms with Crippen molar-refractivity contribution < 1.29 is 0 Å². The van der Waals surface area contributed by atoms with E-state index in [2.05, 4.69) is 11.1 Å². The number of aromatic nitrogens is 1. The quantitative estimate of drug-likeness (QED) is 0.747.